The first kappa shape index (κ1) is 27.4. The minimum Gasteiger partial charge on any atom is -0.508 e. The molecule has 0 aromatic heterocycles. The van der Waals surface area contributed by atoms with Crippen LogP contribution in [0.15, 0.2) is 72.8 Å². The minimum atomic E-state index is -3.56. The number of aliphatic carboxylic acids is 1. The molecule has 0 saturated heterocycles. The Morgan fingerprint density at radius 2 is 1.39 bits per heavy atom. The molecule has 0 spiro atoms. The lowest BCUT2D eigenvalue weighted by Gasteiger charge is -2.24. The molecule has 36 heavy (non-hydrogen) atoms. The lowest BCUT2D eigenvalue weighted by atomic mass is 9.99. The van der Waals surface area contributed by atoms with Gasteiger partial charge in [0.05, 0.1) is 12.9 Å². The van der Waals surface area contributed by atoms with Crippen LogP contribution in [0.3, 0.4) is 0 Å². The van der Waals surface area contributed by atoms with Crippen molar-refractivity contribution in [2.24, 2.45) is 0 Å². The maximum Gasteiger partial charge on any atom is 0.319 e. The fourth-order valence-corrected chi connectivity index (χ4v) is 5.15. The average molecular weight is 531 g/mol. The molecule has 7 nitrogen and oxygen atoms in total. The normalized spacial score (nSPS) is 13.1. The highest BCUT2D eigenvalue weighted by molar-refractivity contribution is 8.01. The molecule has 2 N–H and O–H groups in total. The zero-order valence-electron chi connectivity index (χ0n) is 20.2. The Kier molecular flexibility index (Phi) is 9.28. The number of phenols is 1. The zero-order valence-corrected chi connectivity index (χ0v) is 21.8. The molecule has 0 aliphatic heterocycles. The molecule has 3 aromatic rings. The first-order valence-corrected chi connectivity index (χ1v) is 14.2. The van der Waals surface area contributed by atoms with Gasteiger partial charge in [-0.15, -0.1) is 11.8 Å². The number of hydrogen-bond acceptors (Lipinski definition) is 7. The van der Waals surface area contributed by atoms with Gasteiger partial charge in [0.25, 0.3) is 0 Å². The van der Waals surface area contributed by atoms with Crippen LogP contribution in [0.5, 0.6) is 17.2 Å². The summed E-state index contributed by atoms with van der Waals surface area (Å²) in [5.41, 5.74) is 3.06. The van der Waals surface area contributed by atoms with Crippen molar-refractivity contribution in [2.45, 2.75) is 30.9 Å². The van der Waals surface area contributed by atoms with Crippen molar-refractivity contribution < 1.29 is 32.3 Å². The van der Waals surface area contributed by atoms with Gasteiger partial charge in [-0.1, -0.05) is 36.4 Å². The van der Waals surface area contributed by atoms with E-state index >= 15 is 0 Å². The van der Waals surface area contributed by atoms with Crippen LogP contribution in [0.25, 0.3) is 0 Å². The number of aromatic hydroxyl groups is 1. The second-order valence-corrected chi connectivity index (χ2v) is 11.8. The van der Waals surface area contributed by atoms with Crippen molar-refractivity contribution in [2.75, 3.05) is 18.6 Å². The summed E-state index contributed by atoms with van der Waals surface area (Å²) in [5.74, 6) is 0.863. The highest BCUT2D eigenvalue weighted by atomic mass is 32.2. The Labute approximate surface area is 216 Å². The standard InChI is InChI=1S/C27H30O7S2/c1-27(26(29)30,35-18-16-21-7-9-23(28)10-8-21)19-22-5-3-20(4-6-22)15-17-33-24-11-13-25(14-12-24)34-36(2,31)32/h3-14,28H,15-19H2,1-2H3,(H,29,30)/t27-/m1/s1. The fraction of sp³-hybridized carbons (Fsp3) is 0.296. The van der Waals surface area contributed by atoms with Gasteiger partial charge in [0.1, 0.15) is 22.0 Å². The molecule has 0 bridgehead atoms. The predicted octanol–water partition coefficient (Wildman–Crippen LogP) is 4.71. The maximum atomic E-state index is 12.0. The molecular weight excluding hydrogens is 500 g/mol. The van der Waals surface area contributed by atoms with Crippen LogP contribution in [0, 0.1) is 0 Å². The molecule has 192 valence electrons. The zero-order chi connectivity index (χ0) is 26.2. The SMILES string of the molecule is C[C@](Cc1ccc(CCOc2ccc(OS(C)(=O)=O)cc2)cc1)(SCCc1ccc(O)cc1)C(=O)O. The lowest BCUT2D eigenvalue weighted by molar-refractivity contribution is -0.139. The monoisotopic (exact) mass is 530 g/mol. The number of rotatable bonds is 13. The largest absolute Gasteiger partial charge is 0.508 e. The fourth-order valence-electron chi connectivity index (χ4n) is 3.51. The van der Waals surface area contributed by atoms with E-state index in [1.54, 1.807) is 31.2 Å². The van der Waals surface area contributed by atoms with Gasteiger partial charge in [-0.25, -0.2) is 0 Å². The third-order valence-corrected chi connectivity index (χ3v) is 7.35. The van der Waals surface area contributed by atoms with Gasteiger partial charge < -0.3 is 19.1 Å². The number of carboxylic acids is 1. The summed E-state index contributed by atoms with van der Waals surface area (Å²) in [4.78, 5) is 12.0. The van der Waals surface area contributed by atoms with Gasteiger partial charge in [0, 0.05) is 6.42 Å². The summed E-state index contributed by atoms with van der Waals surface area (Å²) < 4.78 is 31.9. The second kappa shape index (κ2) is 12.2. The molecular formula is C27H30O7S2. The molecule has 0 unspecified atom stereocenters. The number of thioether (sulfide) groups is 1. The van der Waals surface area contributed by atoms with Crippen molar-refractivity contribution in [1.82, 2.24) is 0 Å². The van der Waals surface area contributed by atoms with E-state index in [1.165, 1.54) is 23.9 Å². The smallest absolute Gasteiger partial charge is 0.319 e. The Morgan fingerprint density at radius 3 is 1.97 bits per heavy atom. The van der Waals surface area contributed by atoms with Crippen molar-refractivity contribution in [3.8, 4) is 17.2 Å². The van der Waals surface area contributed by atoms with Gasteiger partial charge in [0.15, 0.2) is 0 Å². The van der Waals surface area contributed by atoms with Crippen LogP contribution < -0.4 is 8.92 Å². The third-order valence-electron chi connectivity index (χ3n) is 5.50. The first-order valence-electron chi connectivity index (χ1n) is 11.4. The molecule has 9 heteroatoms. The molecule has 3 aromatic carbocycles. The van der Waals surface area contributed by atoms with E-state index in [2.05, 4.69) is 0 Å². The van der Waals surface area contributed by atoms with Gasteiger partial charge in [-0.05, 0) is 78.6 Å². The number of carboxylic acid groups (broad SMARTS) is 1. The number of carbonyl (C=O) groups is 1. The number of ether oxygens (including phenoxy) is 1. The summed E-state index contributed by atoms with van der Waals surface area (Å²) in [5, 5.41) is 19.3. The van der Waals surface area contributed by atoms with Gasteiger partial charge >= 0.3 is 16.1 Å². The van der Waals surface area contributed by atoms with E-state index in [0.29, 0.717) is 31.0 Å². The summed E-state index contributed by atoms with van der Waals surface area (Å²) >= 11 is 1.42. The van der Waals surface area contributed by atoms with E-state index in [9.17, 15) is 23.4 Å². The van der Waals surface area contributed by atoms with Crippen molar-refractivity contribution >= 4 is 27.8 Å². The molecule has 0 aliphatic carbocycles. The van der Waals surface area contributed by atoms with E-state index in [0.717, 1.165) is 29.4 Å². The van der Waals surface area contributed by atoms with E-state index in [4.69, 9.17) is 8.92 Å². The van der Waals surface area contributed by atoms with Crippen molar-refractivity contribution in [3.05, 3.63) is 89.5 Å². The van der Waals surface area contributed by atoms with Crippen LogP contribution in [0.1, 0.15) is 23.6 Å². The number of hydrogen-bond donors (Lipinski definition) is 2. The Morgan fingerprint density at radius 1 is 0.861 bits per heavy atom. The quantitative estimate of drug-likeness (QED) is 0.306. The Balaban J connectivity index is 1.48. The molecule has 0 heterocycles. The van der Waals surface area contributed by atoms with Crippen molar-refractivity contribution in [3.63, 3.8) is 0 Å². The van der Waals surface area contributed by atoms with Crippen LogP contribution in [-0.4, -0.2) is 48.0 Å². The molecule has 0 fully saturated rings. The van der Waals surface area contributed by atoms with Crippen LogP contribution in [0.4, 0.5) is 0 Å². The Bertz CT molecular complexity index is 1240. The van der Waals surface area contributed by atoms with Crippen LogP contribution in [0.2, 0.25) is 0 Å². The van der Waals surface area contributed by atoms with Gasteiger partial charge in [-0.3, -0.25) is 4.79 Å². The van der Waals surface area contributed by atoms with Crippen molar-refractivity contribution in [1.29, 1.82) is 0 Å². The maximum absolute atomic E-state index is 12.0. The van der Waals surface area contributed by atoms with E-state index in [1.807, 2.05) is 36.4 Å². The molecule has 0 radical (unpaired) electrons. The van der Waals surface area contributed by atoms with Gasteiger partial charge in [-0.2, -0.15) is 8.42 Å². The highest BCUT2D eigenvalue weighted by Gasteiger charge is 2.33. The lowest BCUT2D eigenvalue weighted by Crippen LogP contribution is -2.34. The van der Waals surface area contributed by atoms with Gasteiger partial charge in [0.2, 0.25) is 0 Å². The number of aryl methyl sites for hydroxylation is 1. The number of phenolic OH excluding ortho intramolecular Hbond substituents is 1. The first-order chi connectivity index (χ1) is 17.0. The summed E-state index contributed by atoms with van der Waals surface area (Å²) in [6.45, 7) is 2.19. The summed E-state index contributed by atoms with van der Waals surface area (Å²) in [7, 11) is -3.56. The predicted molar refractivity (Wildman–Crippen MR) is 142 cm³/mol. The second-order valence-electron chi connectivity index (χ2n) is 8.65. The topological polar surface area (TPSA) is 110 Å². The highest BCUT2D eigenvalue weighted by Crippen LogP contribution is 2.31. The molecule has 3 rings (SSSR count). The average Bonchev–Trinajstić information content (AvgIpc) is 2.81. The molecule has 0 aliphatic rings. The molecule has 1 atom stereocenters. The van der Waals surface area contributed by atoms with E-state index in [-0.39, 0.29) is 11.5 Å². The third kappa shape index (κ3) is 8.80. The molecule has 0 amide bonds. The van der Waals surface area contributed by atoms with Crippen LogP contribution in [-0.2, 0) is 34.2 Å². The number of benzene rings is 3. The molecule has 0 saturated carbocycles. The van der Waals surface area contributed by atoms with E-state index < -0.39 is 20.8 Å². The minimum absolute atomic E-state index is 0.215. The summed E-state index contributed by atoms with van der Waals surface area (Å²) in [6.07, 6.45) is 2.78. The summed E-state index contributed by atoms with van der Waals surface area (Å²) in [6, 6.07) is 21.2. The Hall–Kier alpha value is -3.17. The van der Waals surface area contributed by atoms with Crippen LogP contribution >= 0.6 is 11.8 Å².